The zero-order valence-electron chi connectivity index (χ0n) is 12.1. The maximum atomic E-state index is 10.7. The van der Waals surface area contributed by atoms with Crippen molar-refractivity contribution in [1.82, 2.24) is 20.5 Å². The molecule has 2 aromatic heterocycles. The fourth-order valence-corrected chi connectivity index (χ4v) is 1.60. The second kappa shape index (κ2) is 7.18. The van der Waals surface area contributed by atoms with E-state index in [0.717, 1.165) is 11.4 Å². The van der Waals surface area contributed by atoms with Crippen molar-refractivity contribution in [3.05, 3.63) is 36.0 Å². The number of hydrogen-bond donors (Lipinski definition) is 3. The summed E-state index contributed by atoms with van der Waals surface area (Å²) in [4.78, 5) is 15.0. The molecule has 0 saturated carbocycles. The minimum absolute atomic E-state index is 0.0481. The molecule has 0 bridgehead atoms. The van der Waals surface area contributed by atoms with E-state index in [-0.39, 0.29) is 5.91 Å². The summed E-state index contributed by atoms with van der Waals surface area (Å²) in [7, 11) is 0. The highest BCUT2D eigenvalue weighted by Crippen LogP contribution is 2.12. The Balaban J connectivity index is 1.84. The van der Waals surface area contributed by atoms with Crippen LogP contribution in [0.2, 0.25) is 0 Å². The van der Waals surface area contributed by atoms with Gasteiger partial charge < -0.3 is 16.0 Å². The summed E-state index contributed by atoms with van der Waals surface area (Å²) in [5.74, 6) is 1.95. The van der Waals surface area contributed by atoms with E-state index < -0.39 is 0 Å². The highest BCUT2D eigenvalue weighted by molar-refractivity contribution is 5.72. The first kappa shape index (κ1) is 14.7. The molecule has 0 spiro atoms. The Morgan fingerprint density at radius 1 is 1.05 bits per heavy atom. The summed E-state index contributed by atoms with van der Waals surface area (Å²) in [5.41, 5.74) is 1.10. The van der Waals surface area contributed by atoms with Crippen molar-refractivity contribution >= 4 is 23.4 Å². The van der Waals surface area contributed by atoms with E-state index in [2.05, 4.69) is 31.1 Å². The number of aryl methyl sites for hydroxylation is 1. The molecule has 1 amide bonds. The van der Waals surface area contributed by atoms with Gasteiger partial charge >= 0.3 is 0 Å². The lowest BCUT2D eigenvalue weighted by molar-refractivity contribution is -0.118. The first-order chi connectivity index (χ1) is 10.1. The fraction of sp³-hybridized carbons (Fsp3) is 0.286. The van der Waals surface area contributed by atoms with E-state index in [4.69, 9.17) is 0 Å². The zero-order valence-corrected chi connectivity index (χ0v) is 12.1. The molecule has 0 atom stereocenters. The van der Waals surface area contributed by atoms with Gasteiger partial charge in [0.1, 0.15) is 11.6 Å². The molecule has 0 aliphatic carbocycles. The van der Waals surface area contributed by atoms with Crippen LogP contribution in [-0.2, 0) is 4.79 Å². The van der Waals surface area contributed by atoms with Gasteiger partial charge in [0.25, 0.3) is 0 Å². The molecule has 3 N–H and O–H groups in total. The van der Waals surface area contributed by atoms with Gasteiger partial charge in [0, 0.05) is 26.2 Å². The molecule has 0 saturated heterocycles. The maximum Gasteiger partial charge on any atom is 0.216 e. The molecule has 0 aromatic carbocycles. The molecular weight excluding hydrogens is 268 g/mol. The average molecular weight is 286 g/mol. The molecule has 7 heteroatoms. The number of carbonyl (C=O) groups is 1. The van der Waals surface area contributed by atoms with Gasteiger partial charge in [-0.3, -0.25) is 4.79 Å². The van der Waals surface area contributed by atoms with E-state index in [1.165, 1.54) is 6.92 Å². The largest absolute Gasteiger partial charge is 0.367 e. The molecule has 0 fully saturated rings. The van der Waals surface area contributed by atoms with Crippen molar-refractivity contribution in [2.24, 2.45) is 0 Å². The van der Waals surface area contributed by atoms with Crippen LogP contribution >= 0.6 is 0 Å². The van der Waals surface area contributed by atoms with Gasteiger partial charge in [-0.2, -0.15) is 0 Å². The third-order valence-corrected chi connectivity index (χ3v) is 2.64. The van der Waals surface area contributed by atoms with Crippen molar-refractivity contribution in [2.45, 2.75) is 13.8 Å². The van der Waals surface area contributed by atoms with Gasteiger partial charge in [0.15, 0.2) is 5.82 Å². The zero-order chi connectivity index (χ0) is 15.1. The standard InChI is InChI=1S/C14H18N6O/c1-10-3-4-12(17-9-10)18-14-6-5-13(19-20-14)16-8-7-15-11(2)21/h3-6,9H,7-8H2,1-2H3,(H,15,21)(H,16,19)(H,17,18,20). The topological polar surface area (TPSA) is 91.8 Å². The first-order valence-corrected chi connectivity index (χ1v) is 6.65. The van der Waals surface area contributed by atoms with Crippen LogP contribution in [0.15, 0.2) is 30.5 Å². The minimum Gasteiger partial charge on any atom is -0.367 e. The van der Waals surface area contributed by atoms with Crippen LogP contribution in [0, 0.1) is 6.92 Å². The van der Waals surface area contributed by atoms with Gasteiger partial charge in [-0.1, -0.05) is 6.07 Å². The van der Waals surface area contributed by atoms with Gasteiger partial charge in [0.2, 0.25) is 5.91 Å². The van der Waals surface area contributed by atoms with Crippen molar-refractivity contribution in [2.75, 3.05) is 23.7 Å². The SMILES string of the molecule is CC(=O)NCCNc1ccc(Nc2ccc(C)cn2)nn1. The second-order valence-electron chi connectivity index (χ2n) is 4.56. The molecule has 2 aromatic rings. The van der Waals surface area contributed by atoms with Crippen LogP contribution < -0.4 is 16.0 Å². The normalized spacial score (nSPS) is 10.0. The first-order valence-electron chi connectivity index (χ1n) is 6.65. The number of nitrogens with one attached hydrogen (secondary N) is 3. The molecule has 0 aliphatic heterocycles. The lowest BCUT2D eigenvalue weighted by atomic mass is 10.3. The van der Waals surface area contributed by atoms with Crippen molar-refractivity contribution in [3.63, 3.8) is 0 Å². The van der Waals surface area contributed by atoms with Gasteiger partial charge in [-0.05, 0) is 30.7 Å². The van der Waals surface area contributed by atoms with E-state index in [1.54, 1.807) is 6.20 Å². The van der Waals surface area contributed by atoms with E-state index in [1.807, 2.05) is 31.2 Å². The molecule has 21 heavy (non-hydrogen) atoms. The predicted octanol–water partition coefficient (Wildman–Crippen LogP) is 1.47. The maximum absolute atomic E-state index is 10.7. The number of nitrogens with zero attached hydrogens (tertiary/aromatic N) is 3. The number of carbonyl (C=O) groups excluding carboxylic acids is 1. The molecule has 2 heterocycles. The number of pyridine rings is 1. The lowest BCUT2D eigenvalue weighted by Gasteiger charge is -2.07. The van der Waals surface area contributed by atoms with E-state index >= 15 is 0 Å². The van der Waals surface area contributed by atoms with Gasteiger partial charge in [-0.15, -0.1) is 10.2 Å². The Morgan fingerprint density at radius 2 is 1.76 bits per heavy atom. The Labute approximate surface area is 123 Å². The van der Waals surface area contributed by atoms with Crippen LogP contribution in [0.5, 0.6) is 0 Å². The van der Waals surface area contributed by atoms with Crippen molar-refractivity contribution < 1.29 is 4.79 Å². The van der Waals surface area contributed by atoms with Crippen LogP contribution in [0.3, 0.4) is 0 Å². The van der Waals surface area contributed by atoms with Crippen LogP contribution in [-0.4, -0.2) is 34.2 Å². The Morgan fingerprint density at radius 3 is 2.38 bits per heavy atom. The molecule has 110 valence electrons. The second-order valence-corrected chi connectivity index (χ2v) is 4.56. The molecule has 0 radical (unpaired) electrons. The molecule has 0 aliphatic rings. The summed E-state index contributed by atoms with van der Waals surface area (Å²) in [5, 5.41) is 16.9. The lowest BCUT2D eigenvalue weighted by Crippen LogP contribution is -2.26. The van der Waals surface area contributed by atoms with Gasteiger partial charge in [-0.25, -0.2) is 4.98 Å². The Kier molecular flexibility index (Phi) is 5.03. The number of anilines is 3. The number of aromatic nitrogens is 3. The quantitative estimate of drug-likeness (QED) is 0.697. The molecule has 0 unspecified atom stereocenters. The fourth-order valence-electron chi connectivity index (χ4n) is 1.60. The van der Waals surface area contributed by atoms with Crippen LogP contribution in [0.4, 0.5) is 17.5 Å². The van der Waals surface area contributed by atoms with Crippen LogP contribution in [0.1, 0.15) is 12.5 Å². The van der Waals surface area contributed by atoms with E-state index in [0.29, 0.717) is 24.7 Å². The molecule has 7 nitrogen and oxygen atoms in total. The predicted molar refractivity (Wildman–Crippen MR) is 81.5 cm³/mol. The highest BCUT2D eigenvalue weighted by atomic mass is 16.1. The summed E-state index contributed by atoms with van der Waals surface area (Å²) in [6.07, 6.45) is 1.79. The smallest absolute Gasteiger partial charge is 0.216 e. The van der Waals surface area contributed by atoms with E-state index in [9.17, 15) is 4.79 Å². The van der Waals surface area contributed by atoms with Crippen molar-refractivity contribution in [1.29, 1.82) is 0 Å². The summed E-state index contributed by atoms with van der Waals surface area (Å²) < 4.78 is 0. The van der Waals surface area contributed by atoms with Crippen molar-refractivity contribution in [3.8, 4) is 0 Å². The Hall–Kier alpha value is -2.70. The molecule has 2 rings (SSSR count). The number of amides is 1. The summed E-state index contributed by atoms with van der Waals surface area (Å²) in [6.45, 7) is 4.61. The number of rotatable bonds is 6. The monoisotopic (exact) mass is 286 g/mol. The van der Waals surface area contributed by atoms with Gasteiger partial charge in [0.05, 0.1) is 0 Å². The highest BCUT2D eigenvalue weighted by Gasteiger charge is 1.99. The molecular formula is C14H18N6O. The average Bonchev–Trinajstić information content (AvgIpc) is 2.47. The number of hydrogen-bond acceptors (Lipinski definition) is 6. The minimum atomic E-state index is -0.0481. The summed E-state index contributed by atoms with van der Waals surface area (Å²) in [6, 6.07) is 7.49. The van der Waals surface area contributed by atoms with Crippen LogP contribution in [0.25, 0.3) is 0 Å². The third-order valence-electron chi connectivity index (χ3n) is 2.64. The third kappa shape index (κ3) is 5.06. The summed E-state index contributed by atoms with van der Waals surface area (Å²) >= 11 is 0. The Bertz CT molecular complexity index is 581.